The predicted molar refractivity (Wildman–Crippen MR) is 66.5 cm³/mol. The molecule has 1 aromatic rings. The van der Waals surface area contributed by atoms with Gasteiger partial charge < -0.3 is 10.0 Å². The first-order valence-electron chi connectivity index (χ1n) is 6.46. The highest BCUT2D eigenvalue weighted by Gasteiger charge is 2.20. The first kappa shape index (κ1) is 13.9. The number of aliphatic hydroxyl groups is 1. The van der Waals surface area contributed by atoms with E-state index in [-0.39, 0.29) is 18.4 Å². The monoisotopic (exact) mass is 269 g/mol. The van der Waals surface area contributed by atoms with Crippen molar-refractivity contribution in [2.45, 2.75) is 31.8 Å². The van der Waals surface area contributed by atoms with Crippen molar-refractivity contribution in [1.29, 1.82) is 0 Å². The molecule has 0 spiro atoms. The SMILES string of the molecule is O=C(CCc1ccc(F)c(F)c1)N1CCC(O)CC1. The van der Waals surface area contributed by atoms with Crippen LogP contribution < -0.4 is 0 Å². The van der Waals surface area contributed by atoms with Crippen LogP contribution in [0, 0.1) is 11.6 Å². The maximum atomic E-state index is 13.0. The summed E-state index contributed by atoms with van der Waals surface area (Å²) >= 11 is 0. The van der Waals surface area contributed by atoms with Gasteiger partial charge in [-0.15, -0.1) is 0 Å². The Labute approximate surface area is 110 Å². The smallest absolute Gasteiger partial charge is 0.222 e. The third-order valence-corrected chi connectivity index (χ3v) is 3.43. The Hall–Kier alpha value is -1.49. The Morgan fingerprint density at radius 3 is 2.58 bits per heavy atom. The molecule has 0 bridgehead atoms. The molecule has 1 aliphatic heterocycles. The molecule has 1 amide bonds. The minimum atomic E-state index is -0.883. The molecule has 0 atom stereocenters. The van der Waals surface area contributed by atoms with Crippen LogP contribution >= 0.6 is 0 Å². The molecule has 0 unspecified atom stereocenters. The molecule has 104 valence electrons. The third-order valence-electron chi connectivity index (χ3n) is 3.43. The van der Waals surface area contributed by atoms with Gasteiger partial charge in [0.15, 0.2) is 11.6 Å². The van der Waals surface area contributed by atoms with Crippen LogP contribution in [0.2, 0.25) is 0 Å². The van der Waals surface area contributed by atoms with E-state index in [0.29, 0.717) is 37.9 Å². The zero-order valence-electron chi connectivity index (χ0n) is 10.6. The van der Waals surface area contributed by atoms with E-state index in [1.54, 1.807) is 4.90 Å². The lowest BCUT2D eigenvalue weighted by atomic mass is 10.1. The number of likely N-dealkylation sites (tertiary alicyclic amines) is 1. The molecule has 3 nitrogen and oxygen atoms in total. The third kappa shape index (κ3) is 3.73. The van der Waals surface area contributed by atoms with E-state index in [9.17, 15) is 18.7 Å². The summed E-state index contributed by atoms with van der Waals surface area (Å²) in [6.45, 7) is 1.13. The van der Waals surface area contributed by atoms with Gasteiger partial charge in [0.1, 0.15) is 0 Å². The van der Waals surface area contributed by atoms with Crippen molar-refractivity contribution in [3.8, 4) is 0 Å². The number of carbonyl (C=O) groups is 1. The lowest BCUT2D eigenvalue weighted by Crippen LogP contribution is -2.40. The van der Waals surface area contributed by atoms with Crippen molar-refractivity contribution in [2.24, 2.45) is 0 Å². The molecule has 1 saturated heterocycles. The van der Waals surface area contributed by atoms with E-state index in [0.717, 1.165) is 12.1 Å². The molecule has 2 rings (SSSR count). The van der Waals surface area contributed by atoms with Crippen molar-refractivity contribution in [2.75, 3.05) is 13.1 Å². The summed E-state index contributed by atoms with van der Waals surface area (Å²) in [7, 11) is 0. The summed E-state index contributed by atoms with van der Waals surface area (Å²) < 4.78 is 25.8. The van der Waals surface area contributed by atoms with E-state index < -0.39 is 11.6 Å². The number of amides is 1. The number of piperidine rings is 1. The zero-order chi connectivity index (χ0) is 13.8. The Morgan fingerprint density at radius 2 is 1.95 bits per heavy atom. The summed E-state index contributed by atoms with van der Waals surface area (Å²) in [6, 6.07) is 3.70. The lowest BCUT2D eigenvalue weighted by molar-refractivity contribution is -0.133. The Morgan fingerprint density at radius 1 is 1.26 bits per heavy atom. The zero-order valence-corrected chi connectivity index (χ0v) is 10.6. The molecule has 1 fully saturated rings. The average Bonchev–Trinajstić information content (AvgIpc) is 2.40. The van der Waals surface area contributed by atoms with Gasteiger partial charge in [-0.1, -0.05) is 6.07 Å². The molecule has 1 N–H and O–H groups in total. The van der Waals surface area contributed by atoms with Gasteiger partial charge in [0.2, 0.25) is 5.91 Å². The number of aliphatic hydroxyl groups excluding tert-OH is 1. The summed E-state index contributed by atoms with van der Waals surface area (Å²) in [5.41, 5.74) is 0.615. The van der Waals surface area contributed by atoms with Crippen molar-refractivity contribution in [3.05, 3.63) is 35.4 Å². The van der Waals surface area contributed by atoms with Crippen molar-refractivity contribution in [1.82, 2.24) is 4.90 Å². The largest absolute Gasteiger partial charge is 0.393 e. The van der Waals surface area contributed by atoms with Gasteiger partial charge in [0.25, 0.3) is 0 Å². The number of nitrogens with zero attached hydrogens (tertiary/aromatic N) is 1. The van der Waals surface area contributed by atoms with Gasteiger partial charge in [0.05, 0.1) is 6.10 Å². The van der Waals surface area contributed by atoms with Crippen LogP contribution in [0.3, 0.4) is 0 Å². The normalized spacial score (nSPS) is 16.7. The first-order chi connectivity index (χ1) is 9.06. The van der Waals surface area contributed by atoms with Gasteiger partial charge in [-0.05, 0) is 37.0 Å². The topological polar surface area (TPSA) is 40.5 Å². The predicted octanol–water partition coefficient (Wildman–Crippen LogP) is 1.88. The summed E-state index contributed by atoms with van der Waals surface area (Å²) in [4.78, 5) is 13.6. The molecule has 0 radical (unpaired) electrons. The molecular formula is C14H17F2NO2. The van der Waals surface area contributed by atoms with Crippen molar-refractivity contribution >= 4 is 5.91 Å². The minimum Gasteiger partial charge on any atom is -0.393 e. The Balaban J connectivity index is 1.84. The second kappa shape index (κ2) is 6.10. The molecule has 0 aliphatic carbocycles. The molecule has 5 heteroatoms. The number of hydrogen-bond acceptors (Lipinski definition) is 2. The number of hydrogen-bond donors (Lipinski definition) is 1. The van der Waals surface area contributed by atoms with Gasteiger partial charge in [-0.2, -0.15) is 0 Å². The fraction of sp³-hybridized carbons (Fsp3) is 0.500. The molecular weight excluding hydrogens is 252 g/mol. The van der Waals surface area contributed by atoms with Crippen molar-refractivity contribution < 1.29 is 18.7 Å². The van der Waals surface area contributed by atoms with E-state index in [1.807, 2.05) is 0 Å². The Kier molecular flexibility index (Phi) is 4.47. The second-order valence-corrected chi connectivity index (χ2v) is 4.86. The number of halogens is 2. The summed E-state index contributed by atoms with van der Waals surface area (Å²) in [5, 5.41) is 9.36. The number of benzene rings is 1. The highest BCUT2D eigenvalue weighted by molar-refractivity contribution is 5.76. The fourth-order valence-electron chi connectivity index (χ4n) is 2.22. The molecule has 19 heavy (non-hydrogen) atoms. The van der Waals surface area contributed by atoms with Crippen LogP contribution in [0.4, 0.5) is 8.78 Å². The number of aryl methyl sites for hydroxylation is 1. The van der Waals surface area contributed by atoms with Crippen LogP contribution in [-0.2, 0) is 11.2 Å². The maximum absolute atomic E-state index is 13.0. The van der Waals surface area contributed by atoms with Crippen LogP contribution in [0.1, 0.15) is 24.8 Å². The molecule has 0 saturated carbocycles. The summed E-state index contributed by atoms with van der Waals surface area (Å²) in [5.74, 6) is -1.76. The van der Waals surface area contributed by atoms with Crippen molar-refractivity contribution in [3.63, 3.8) is 0 Å². The van der Waals surface area contributed by atoms with Gasteiger partial charge in [0, 0.05) is 19.5 Å². The standard InChI is InChI=1S/C14H17F2NO2/c15-12-3-1-10(9-13(12)16)2-4-14(19)17-7-5-11(18)6-8-17/h1,3,9,11,18H,2,4-8H2. The van der Waals surface area contributed by atoms with Crippen LogP contribution in [0.5, 0.6) is 0 Å². The first-order valence-corrected chi connectivity index (χ1v) is 6.46. The van der Waals surface area contributed by atoms with E-state index in [4.69, 9.17) is 0 Å². The van der Waals surface area contributed by atoms with E-state index in [2.05, 4.69) is 0 Å². The van der Waals surface area contributed by atoms with Gasteiger partial charge >= 0.3 is 0 Å². The number of rotatable bonds is 3. The van der Waals surface area contributed by atoms with Gasteiger partial charge in [-0.25, -0.2) is 8.78 Å². The highest BCUT2D eigenvalue weighted by Crippen LogP contribution is 2.14. The molecule has 1 aliphatic rings. The molecule has 0 aromatic heterocycles. The highest BCUT2D eigenvalue weighted by atomic mass is 19.2. The maximum Gasteiger partial charge on any atom is 0.222 e. The second-order valence-electron chi connectivity index (χ2n) is 4.86. The number of carbonyl (C=O) groups excluding carboxylic acids is 1. The molecule has 1 aromatic carbocycles. The van der Waals surface area contributed by atoms with Crippen LogP contribution in [0.25, 0.3) is 0 Å². The van der Waals surface area contributed by atoms with Crippen LogP contribution in [0.15, 0.2) is 18.2 Å². The van der Waals surface area contributed by atoms with E-state index in [1.165, 1.54) is 6.07 Å². The quantitative estimate of drug-likeness (QED) is 0.910. The fourth-order valence-corrected chi connectivity index (χ4v) is 2.22. The lowest BCUT2D eigenvalue weighted by Gasteiger charge is -2.29. The van der Waals surface area contributed by atoms with Gasteiger partial charge in [-0.3, -0.25) is 4.79 Å². The molecule has 1 heterocycles. The van der Waals surface area contributed by atoms with Crippen LogP contribution in [-0.4, -0.2) is 35.1 Å². The average molecular weight is 269 g/mol. The Bertz CT molecular complexity index is 457. The minimum absolute atomic E-state index is 0.00312. The summed E-state index contributed by atoms with van der Waals surface area (Å²) in [6.07, 6.45) is 1.58. The van der Waals surface area contributed by atoms with E-state index >= 15 is 0 Å².